The number of fused-ring (bicyclic) bond motifs is 4. The van der Waals surface area contributed by atoms with Crippen LogP contribution in [0.5, 0.6) is 0 Å². The van der Waals surface area contributed by atoms with Crippen molar-refractivity contribution in [2.45, 2.75) is 65.7 Å². The van der Waals surface area contributed by atoms with E-state index in [9.17, 15) is 0 Å². The molecular formula is C40H39N3O. The van der Waals surface area contributed by atoms with E-state index in [1.807, 2.05) is 18.3 Å². The first-order valence-electron chi connectivity index (χ1n) is 15.6. The Morgan fingerprint density at radius 2 is 1.36 bits per heavy atom. The fraction of sp³-hybridized carbons (Fsp3) is 0.250. The standard InChI is InChI=1S/C40H39N3O/c1-24(2)31-20-27(26-14-9-8-10-15-26)21-32(25(3)4)37(31)43-34-22-36(40(5,6)7)41-23-33(34)42-39(43)30-18-13-17-29-28-16-11-12-19-35(28)44-38(29)30/h8-25H,1-7H3. The summed E-state index contributed by atoms with van der Waals surface area (Å²) in [5.41, 5.74) is 11.8. The van der Waals surface area contributed by atoms with Gasteiger partial charge in [0.15, 0.2) is 0 Å². The van der Waals surface area contributed by atoms with Crippen molar-refractivity contribution < 1.29 is 4.42 Å². The second kappa shape index (κ2) is 10.5. The molecule has 0 unspecified atom stereocenters. The lowest BCUT2D eigenvalue weighted by Gasteiger charge is -2.25. The average molecular weight is 578 g/mol. The maximum Gasteiger partial charge on any atom is 0.149 e. The fourth-order valence-corrected chi connectivity index (χ4v) is 6.34. The average Bonchev–Trinajstić information content (AvgIpc) is 3.58. The molecular weight excluding hydrogens is 538 g/mol. The number of furan rings is 1. The van der Waals surface area contributed by atoms with E-state index < -0.39 is 0 Å². The number of pyridine rings is 1. The summed E-state index contributed by atoms with van der Waals surface area (Å²) >= 11 is 0. The highest BCUT2D eigenvalue weighted by Gasteiger charge is 2.27. The second-order valence-corrected chi connectivity index (χ2v) is 13.5. The first-order chi connectivity index (χ1) is 21.1. The molecule has 0 saturated carbocycles. The Hall–Kier alpha value is -4.70. The molecule has 0 aliphatic rings. The smallest absolute Gasteiger partial charge is 0.149 e. The molecule has 0 atom stereocenters. The zero-order chi connectivity index (χ0) is 30.7. The minimum Gasteiger partial charge on any atom is -0.455 e. The quantitative estimate of drug-likeness (QED) is 0.204. The van der Waals surface area contributed by atoms with Crippen molar-refractivity contribution in [3.63, 3.8) is 0 Å². The van der Waals surface area contributed by atoms with Crippen molar-refractivity contribution >= 4 is 33.0 Å². The number of imidazole rings is 1. The van der Waals surface area contributed by atoms with Crippen LogP contribution in [0.25, 0.3) is 61.2 Å². The molecule has 0 N–H and O–H groups in total. The molecule has 4 nitrogen and oxygen atoms in total. The van der Waals surface area contributed by atoms with E-state index in [2.05, 4.69) is 132 Å². The Labute approximate surface area is 259 Å². The highest BCUT2D eigenvalue weighted by Crippen LogP contribution is 2.42. The molecule has 7 rings (SSSR count). The van der Waals surface area contributed by atoms with Gasteiger partial charge in [-0.05, 0) is 64.4 Å². The highest BCUT2D eigenvalue weighted by atomic mass is 16.3. The number of aromatic nitrogens is 3. The summed E-state index contributed by atoms with van der Waals surface area (Å²) < 4.78 is 8.96. The van der Waals surface area contributed by atoms with Crippen LogP contribution in [0.15, 0.2) is 102 Å². The van der Waals surface area contributed by atoms with Crippen LogP contribution in [0.1, 0.15) is 77.1 Å². The van der Waals surface area contributed by atoms with Gasteiger partial charge in [-0.2, -0.15) is 0 Å². The maximum absolute atomic E-state index is 6.57. The zero-order valence-corrected chi connectivity index (χ0v) is 26.6. The highest BCUT2D eigenvalue weighted by molar-refractivity contribution is 6.09. The molecule has 220 valence electrons. The van der Waals surface area contributed by atoms with E-state index in [-0.39, 0.29) is 17.3 Å². The van der Waals surface area contributed by atoms with E-state index in [4.69, 9.17) is 14.4 Å². The van der Waals surface area contributed by atoms with Crippen LogP contribution in [-0.2, 0) is 5.41 Å². The topological polar surface area (TPSA) is 43.9 Å². The molecule has 0 saturated heterocycles. The monoisotopic (exact) mass is 577 g/mol. The largest absolute Gasteiger partial charge is 0.455 e. The van der Waals surface area contributed by atoms with Crippen LogP contribution < -0.4 is 0 Å². The fourth-order valence-electron chi connectivity index (χ4n) is 6.34. The summed E-state index contributed by atoms with van der Waals surface area (Å²) in [6, 6.07) is 32.4. The predicted molar refractivity (Wildman–Crippen MR) is 184 cm³/mol. The van der Waals surface area contributed by atoms with Gasteiger partial charge in [0.2, 0.25) is 0 Å². The van der Waals surface area contributed by atoms with Crippen molar-refractivity contribution in [2.24, 2.45) is 0 Å². The summed E-state index contributed by atoms with van der Waals surface area (Å²) in [7, 11) is 0. The number of rotatable bonds is 5. The lowest BCUT2D eigenvalue weighted by atomic mass is 9.88. The molecule has 4 heteroatoms. The molecule has 3 aromatic heterocycles. The van der Waals surface area contributed by atoms with Gasteiger partial charge in [0.25, 0.3) is 0 Å². The van der Waals surface area contributed by atoms with E-state index in [0.29, 0.717) is 0 Å². The van der Waals surface area contributed by atoms with Gasteiger partial charge in [-0.3, -0.25) is 9.55 Å². The molecule has 0 radical (unpaired) electrons. The number of hydrogen-bond donors (Lipinski definition) is 0. The van der Waals surface area contributed by atoms with E-state index >= 15 is 0 Å². The third-order valence-electron chi connectivity index (χ3n) is 8.70. The van der Waals surface area contributed by atoms with Crippen molar-refractivity contribution in [2.75, 3.05) is 0 Å². The first kappa shape index (κ1) is 28.1. The molecule has 0 aliphatic carbocycles. The normalized spacial score (nSPS) is 12.4. The maximum atomic E-state index is 6.57. The van der Waals surface area contributed by atoms with Gasteiger partial charge in [0.1, 0.15) is 22.5 Å². The van der Waals surface area contributed by atoms with Gasteiger partial charge in [0.05, 0.1) is 23.0 Å². The summed E-state index contributed by atoms with van der Waals surface area (Å²) in [5.74, 6) is 1.43. The van der Waals surface area contributed by atoms with Gasteiger partial charge in [-0.25, -0.2) is 4.98 Å². The second-order valence-electron chi connectivity index (χ2n) is 13.5. The third kappa shape index (κ3) is 4.61. The van der Waals surface area contributed by atoms with Crippen LogP contribution in [0.3, 0.4) is 0 Å². The third-order valence-corrected chi connectivity index (χ3v) is 8.70. The van der Waals surface area contributed by atoms with Crippen LogP contribution in [0, 0.1) is 0 Å². The molecule has 0 aliphatic heterocycles. The van der Waals surface area contributed by atoms with E-state index in [1.54, 1.807) is 0 Å². The predicted octanol–water partition coefficient (Wildman–Crippen LogP) is 11.2. The summed E-state index contributed by atoms with van der Waals surface area (Å²) in [6.07, 6.45) is 1.94. The lowest BCUT2D eigenvalue weighted by molar-refractivity contribution is 0.570. The molecule has 0 amide bonds. The van der Waals surface area contributed by atoms with Gasteiger partial charge in [-0.1, -0.05) is 109 Å². The van der Waals surface area contributed by atoms with Crippen LogP contribution in [0.2, 0.25) is 0 Å². The van der Waals surface area contributed by atoms with Crippen molar-refractivity contribution in [3.8, 4) is 28.2 Å². The molecule has 0 spiro atoms. The molecule has 7 aromatic rings. The minimum atomic E-state index is -0.110. The van der Waals surface area contributed by atoms with Gasteiger partial charge < -0.3 is 4.42 Å². The van der Waals surface area contributed by atoms with Crippen LogP contribution in [-0.4, -0.2) is 14.5 Å². The molecule has 3 heterocycles. The summed E-state index contributed by atoms with van der Waals surface area (Å²) in [5, 5.41) is 2.21. The Balaban J connectivity index is 1.63. The van der Waals surface area contributed by atoms with Crippen LogP contribution in [0.4, 0.5) is 0 Å². The Morgan fingerprint density at radius 1 is 0.705 bits per heavy atom. The van der Waals surface area contributed by atoms with Crippen molar-refractivity contribution in [1.82, 2.24) is 14.5 Å². The van der Waals surface area contributed by atoms with E-state index in [1.165, 1.54) is 27.9 Å². The minimum absolute atomic E-state index is 0.110. The van der Waals surface area contributed by atoms with Crippen LogP contribution >= 0.6 is 0 Å². The Morgan fingerprint density at radius 3 is 2.05 bits per heavy atom. The molecule has 0 fully saturated rings. The van der Waals surface area contributed by atoms with Crippen molar-refractivity contribution in [3.05, 3.63) is 114 Å². The summed E-state index contributed by atoms with van der Waals surface area (Å²) in [6.45, 7) is 15.8. The van der Waals surface area contributed by atoms with Crippen molar-refractivity contribution in [1.29, 1.82) is 0 Å². The first-order valence-corrected chi connectivity index (χ1v) is 15.6. The molecule has 44 heavy (non-hydrogen) atoms. The number of benzene rings is 4. The molecule has 4 aromatic carbocycles. The number of hydrogen-bond acceptors (Lipinski definition) is 3. The van der Waals surface area contributed by atoms with Gasteiger partial charge in [0, 0.05) is 21.9 Å². The lowest BCUT2D eigenvalue weighted by Crippen LogP contribution is -2.14. The number of para-hydroxylation sites is 2. The Kier molecular flexibility index (Phi) is 6.69. The Bertz CT molecular complexity index is 2130. The van der Waals surface area contributed by atoms with Gasteiger partial charge >= 0.3 is 0 Å². The SMILES string of the molecule is CC(C)c1cc(-c2ccccc2)cc(C(C)C)c1-n1c(-c2cccc3c2oc2ccccc23)nc2cnc(C(C)(C)C)cc21. The van der Waals surface area contributed by atoms with E-state index in [0.717, 1.165) is 50.1 Å². The zero-order valence-electron chi connectivity index (χ0n) is 26.6. The molecule has 0 bridgehead atoms. The summed E-state index contributed by atoms with van der Waals surface area (Å²) in [4.78, 5) is 10.2. The van der Waals surface area contributed by atoms with Gasteiger partial charge in [-0.15, -0.1) is 0 Å². The number of nitrogens with zero attached hydrogens (tertiary/aromatic N) is 3.